The van der Waals surface area contributed by atoms with Crippen LogP contribution in [0.5, 0.6) is 0 Å². The number of hydrogen-bond acceptors (Lipinski definition) is 4. The highest BCUT2D eigenvalue weighted by Crippen LogP contribution is 2.24. The summed E-state index contributed by atoms with van der Waals surface area (Å²) in [6.45, 7) is 11.8. The van der Waals surface area contributed by atoms with E-state index in [0.29, 0.717) is 17.9 Å². The number of anilines is 2. The van der Waals surface area contributed by atoms with Crippen molar-refractivity contribution in [2.24, 2.45) is 0 Å². The molecule has 3 rings (SSSR count). The predicted octanol–water partition coefficient (Wildman–Crippen LogP) is 4.67. The summed E-state index contributed by atoms with van der Waals surface area (Å²) >= 11 is 0. The first-order valence-electron chi connectivity index (χ1n) is 10.3. The topological polar surface area (TPSA) is 57.3 Å². The number of hydrogen-bond donors (Lipinski definition) is 2. The lowest BCUT2D eigenvalue weighted by molar-refractivity contribution is 0.0950. The monoisotopic (exact) mass is 390 g/mol. The Morgan fingerprint density at radius 3 is 2.38 bits per heavy atom. The molecule has 5 nitrogen and oxygen atoms in total. The SMILES string of the molecule is CCN(CC)CCNC(=O)c1cc(Nc2cc(C)cc(C)c2)nc2ccccc12. The van der Waals surface area contributed by atoms with Gasteiger partial charge in [0.25, 0.3) is 5.91 Å². The van der Waals surface area contributed by atoms with Crippen molar-refractivity contribution >= 4 is 28.3 Å². The molecule has 0 bridgehead atoms. The van der Waals surface area contributed by atoms with Crippen LogP contribution in [0.4, 0.5) is 11.5 Å². The summed E-state index contributed by atoms with van der Waals surface area (Å²) in [5, 5.41) is 7.29. The average Bonchev–Trinajstić information content (AvgIpc) is 2.69. The molecule has 1 amide bonds. The Kier molecular flexibility index (Phi) is 6.83. The molecule has 0 saturated heterocycles. The van der Waals surface area contributed by atoms with E-state index in [1.54, 1.807) is 0 Å². The molecule has 152 valence electrons. The average molecular weight is 391 g/mol. The fraction of sp³-hybridized carbons (Fsp3) is 0.333. The standard InChI is InChI=1S/C24H30N4O/c1-5-28(6-2)12-11-25-24(29)21-16-23(27-22-10-8-7-9-20(21)22)26-19-14-17(3)13-18(4)15-19/h7-10,13-16H,5-6,11-12H2,1-4H3,(H,25,29)(H,26,27). The van der Waals surface area contributed by atoms with Crippen LogP contribution in [0.2, 0.25) is 0 Å². The summed E-state index contributed by atoms with van der Waals surface area (Å²) in [6, 6.07) is 15.9. The van der Waals surface area contributed by atoms with Crippen LogP contribution >= 0.6 is 0 Å². The van der Waals surface area contributed by atoms with Crippen LogP contribution in [0.15, 0.2) is 48.5 Å². The van der Waals surface area contributed by atoms with Crippen LogP contribution in [0.25, 0.3) is 10.9 Å². The largest absolute Gasteiger partial charge is 0.351 e. The highest BCUT2D eigenvalue weighted by molar-refractivity contribution is 6.07. The summed E-state index contributed by atoms with van der Waals surface area (Å²) in [6.07, 6.45) is 0. The summed E-state index contributed by atoms with van der Waals surface area (Å²) in [5.74, 6) is 0.599. The van der Waals surface area contributed by atoms with Gasteiger partial charge in [0.15, 0.2) is 0 Å². The predicted molar refractivity (Wildman–Crippen MR) is 121 cm³/mol. The van der Waals surface area contributed by atoms with E-state index in [1.165, 1.54) is 11.1 Å². The summed E-state index contributed by atoms with van der Waals surface area (Å²) in [5.41, 5.74) is 4.78. The second-order valence-electron chi connectivity index (χ2n) is 7.36. The second-order valence-corrected chi connectivity index (χ2v) is 7.36. The minimum Gasteiger partial charge on any atom is -0.351 e. The maximum Gasteiger partial charge on any atom is 0.252 e. The first-order chi connectivity index (χ1) is 14.0. The van der Waals surface area contributed by atoms with Crippen molar-refractivity contribution < 1.29 is 4.79 Å². The molecule has 2 aromatic carbocycles. The fourth-order valence-corrected chi connectivity index (χ4v) is 3.58. The number of amides is 1. The van der Waals surface area contributed by atoms with Gasteiger partial charge in [-0.15, -0.1) is 0 Å². The van der Waals surface area contributed by atoms with Crippen molar-refractivity contribution in [1.82, 2.24) is 15.2 Å². The summed E-state index contributed by atoms with van der Waals surface area (Å²) in [4.78, 5) is 19.9. The molecule has 5 heteroatoms. The molecule has 0 atom stereocenters. The Hall–Kier alpha value is -2.92. The van der Waals surface area contributed by atoms with Crippen molar-refractivity contribution in [3.05, 3.63) is 65.2 Å². The van der Waals surface area contributed by atoms with Crippen molar-refractivity contribution in [1.29, 1.82) is 0 Å². The zero-order valence-corrected chi connectivity index (χ0v) is 17.7. The molecule has 0 fully saturated rings. The number of rotatable bonds is 8. The molecular formula is C24H30N4O. The Balaban J connectivity index is 1.86. The first kappa shape index (κ1) is 20.8. The van der Waals surface area contributed by atoms with Crippen molar-refractivity contribution in [2.75, 3.05) is 31.5 Å². The number of benzene rings is 2. The number of carbonyl (C=O) groups excluding carboxylic acids is 1. The number of nitrogens with one attached hydrogen (secondary N) is 2. The third kappa shape index (κ3) is 5.33. The molecule has 1 heterocycles. The zero-order valence-electron chi connectivity index (χ0n) is 17.7. The van der Waals surface area contributed by atoms with Gasteiger partial charge in [0.2, 0.25) is 0 Å². The lowest BCUT2D eigenvalue weighted by atomic mass is 10.1. The van der Waals surface area contributed by atoms with E-state index in [2.05, 4.69) is 61.4 Å². The molecule has 3 aromatic rings. The van der Waals surface area contributed by atoms with Gasteiger partial charge in [0, 0.05) is 24.2 Å². The number of pyridine rings is 1. The summed E-state index contributed by atoms with van der Waals surface area (Å²) in [7, 11) is 0. The molecule has 0 spiro atoms. The van der Waals surface area contributed by atoms with Crippen LogP contribution in [-0.4, -0.2) is 42.0 Å². The smallest absolute Gasteiger partial charge is 0.252 e. The maximum absolute atomic E-state index is 12.9. The van der Waals surface area contributed by atoms with Crippen LogP contribution in [-0.2, 0) is 0 Å². The van der Waals surface area contributed by atoms with E-state index in [1.807, 2.05) is 30.3 Å². The number of nitrogens with zero attached hydrogens (tertiary/aromatic N) is 2. The van der Waals surface area contributed by atoms with Gasteiger partial charge in [0.05, 0.1) is 11.1 Å². The molecule has 0 radical (unpaired) electrons. The highest BCUT2D eigenvalue weighted by Gasteiger charge is 2.13. The minimum absolute atomic E-state index is 0.0702. The number of aromatic nitrogens is 1. The van der Waals surface area contributed by atoms with E-state index in [4.69, 9.17) is 4.98 Å². The number of carbonyl (C=O) groups is 1. The molecule has 0 saturated carbocycles. The van der Waals surface area contributed by atoms with E-state index >= 15 is 0 Å². The summed E-state index contributed by atoms with van der Waals surface area (Å²) < 4.78 is 0. The Morgan fingerprint density at radius 1 is 1.00 bits per heavy atom. The number of fused-ring (bicyclic) bond motifs is 1. The van der Waals surface area contributed by atoms with E-state index in [-0.39, 0.29) is 5.91 Å². The lowest BCUT2D eigenvalue weighted by Crippen LogP contribution is -2.34. The van der Waals surface area contributed by atoms with Gasteiger partial charge in [0.1, 0.15) is 5.82 Å². The third-order valence-electron chi connectivity index (χ3n) is 5.06. The molecule has 2 N–H and O–H groups in total. The molecule has 0 unspecified atom stereocenters. The van der Waals surface area contributed by atoms with Gasteiger partial charge in [-0.2, -0.15) is 0 Å². The molecule has 0 aliphatic carbocycles. The molecule has 29 heavy (non-hydrogen) atoms. The second kappa shape index (κ2) is 9.52. The van der Waals surface area contributed by atoms with Crippen LogP contribution < -0.4 is 10.6 Å². The van der Waals surface area contributed by atoms with Gasteiger partial charge >= 0.3 is 0 Å². The van der Waals surface area contributed by atoms with Crippen LogP contribution in [0.3, 0.4) is 0 Å². The molecular weight excluding hydrogens is 360 g/mol. The minimum atomic E-state index is -0.0702. The van der Waals surface area contributed by atoms with Crippen molar-refractivity contribution in [3.8, 4) is 0 Å². The Bertz CT molecular complexity index is 975. The van der Waals surface area contributed by atoms with Crippen LogP contribution in [0, 0.1) is 13.8 Å². The number of likely N-dealkylation sites (N-methyl/N-ethyl adjacent to an activating group) is 1. The Morgan fingerprint density at radius 2 is 1.69 bits per heavy atom. The maximum atomic E-state index is 12.9. The number of aryl methyl sites for hydroxylation is 2. The molecule has 0 aliphatic heterocycles. The van der Waals surface area contributed by atoms with Crippen LogP contribution in [0.1, 0.15) is 35.3 Å². The third-order valence-corrected chi connectivity index (χ3v) is 5.06. The normalized spacial score (nSPS) is 11.1. The van der Waals surface area contributed by atoms with E-state index in [9.17, 15) is 4.79 Å². The zero-order chi connectivity index (χ0) is 20.8. The fourth-order valence-electron chi connectivity index (χ4n) is 3.58. The van der Waals surface area contributed by atoms with Crippen molar-refractivity contribution in [3.63, 3.8) is 0 Å². The quantitative estimate of drug-likeness (QED) is 0.587. The Labute approximate surface area is 173 Å². The first-order valence-corrected chi connectivity index (χ1v) is 10.3. The number of para-hydroxylation sites is 1. The van der Waals surface area contributed by atoms with Gasteiger partial charge in [-0.3, -0.25) is 4.79 Å². The van der Waals surface area contributed by atoms with Gasteiger partial charge < -0.3 is 15.5 Å². The van der Waals surface area contributed by atoms with Gasteiger partial charge in [-0.25, -0.2) is 4.98 Å². The highest BCUT2D eigenvalue weighted by atomic mass is 16.1. The van der Waals surface area contributed by atoms with Gasteiger partial charge in [-0.05, 0) is 62.3 Å². The lowest BCUT2D eigenvalue weighted by Gasteiger charge is -2.18. The van der Waals surface area contributed by atoms with Crippen molar-refractivity contribution in [2.45, 2.75) is 27.7 Å². The molecule has 0 aliphatic rings. The molecule has 1 aromatic heterocycles. The van der Waals surface area contributed by atoms with E-state index in [0.717, 1.165) is 36.2 Å². The van der Waals surface area contributed by atoms with Gasteiger partial charge in [-0.1, -0.05) is 38.1 Å². The van der Waals surface area contributed by atoms with E-state index < -0.39 is 0 Å².